The molecule has 1 aliphatic heterocycles. The van der Waals surface area contributed by atoms with Gasteiger partial charge in [-0.15, -0.1) is 0 Å². The highest BCUT2D eigenvalue weighted by Gasteiger charge is 2.14. The highest BCUT2D eigenvalue weighted by molar-refractivity contribution is 9.10. The largest absolute Gasteiger partial charge is 0.493 e. The van der Waals surface area contributed by atoms with Crippen LogP contribution in [0.1, 0.15) is 18.9 Å². The average molecular weight is 387 g/mol. The van der Waals surface area contributed by atoms with Gasteiger partial charge in [-0.2, -0.15) is 0 Å². The van der Waals surface area contributed by atoms with Crippen LogP contribution in [-0.2, 0) is 11.3 Å². The van der Waals surface area contributed by atoms with Gasteiger partial charge in [-0.1, -0.05) is 15.9 Å². The highest BCUT2D eigenvalue weighted by Crippen LogP contribution is 2.36. The first-order chi connectivity index (χ1) is 11.3. The van der Waals surface area contributed by atoms with Gasteiger partial charge >= 0.3 is 0 Å². The third-order valence-electron chi connectivity index (χ3n) is 3.91. The molecule has 0 atom stereocenters. The predicted octanol–water partition coefficient (Wildman–Crippen LogP) is 2.67. The summed E-state index contributed by atoms with van der Waals surface area (Å²) in [7, 11) is 1.67. The monoisotopic (exact) mass is 386 g/mol. The van der Waals surface area contributed by atoms with Crippen LogP contribution in [0, 0.1) is 0 Å². The van der Waals surface area contributed by atoms with E-state index >= 15 is 0 Å². The molecule has 0 aromatic heterocycles. The lowest BCUT2D eigenvalue weighted by molar-refractivity contribution is 0.0374. The second-order valence-corrected chi connectivity index (χ2v) is 6.33. The number of ether oxygens (including phenoxy) is 3. The number of hydrogen-bond donors (Lipinski definition) is 1. The predicted molar refractivity (Wildman–Crippen MR) is 95.4 cm³/mol. The fourth-order valence-electron chi connectivity index (χ4n) is 2.68. The summed E-state index contributed by atoms with van der Waals surface area (Å²) in [4.78, 5) is 2.46. The topological polar surface area (TPSA) is 43.0 Å². The van der Waals surface area contributed by atoms with Gasteiger partial charge in [0.1, 0.15) is 0 Å². The van der Waals surface area contributed by atoms with Gasteiger partial charge in [-0.3, -0.25) is 4.90 Å². The fraction of sp³-hybridized carbons (Fsp3) is 0.647. The van der Waals surface area contributed by atoms with Crippen LogP contribution < -0.4 is 14.8 Å². The van der Waals surface area contributed by atoms with Crippen LogP contribution in [0.2, 0.25) is 0 Å². The summed E-state index contributed by atoms with van der Waals surface area (Å²) in [6.07, 6.45) is 1.13. The molecule has 1 fully saturated rings. The smallest absolute Gasteiger partial charge is 0.166 e. The summed E-state index contributed by atoms with van der Waals surface area (Å²) in [5, 5.41) is 3.51. The van der Waals surface area contributed by atoms with E-state index in [-0.39, 0.29) is 0 Å². The molecule has 1 aromatic carbocycles. The minimum absolute atomic E-state index is 0.622. The minimum atomic E-state index is 0.622. The Morgan fingerprint density at radius 3 is 2.78 bits per heavy atom. The molecule has 0 radical (unpaired) electrons. The zero-order valence-electron chi connectivity index (χ0n) is 14.1. The third kappa shape index (κ3) is 5.64. The Bertz CT molecular complexity index is 479. The van der Waals surface area contributed by atoms with E-state index in [2.05, 4.69) is 26.1 Å². The number of benzene rings is 1. The van der Waals surface area contributed by atoms with Gasteiger partial charge in [0.15, 0.2) is 11.5 Å². The van der Waals surface area contributed by atoms with Gasteiger partial charge in [-0.05, 0) is 38.6 Å². The lowest BCUT2D eigenvalue weighted by Crippen LogP contribution is -2.37. The van der Waals surface area contributed by atoms with Crippen molar-refractivity contribution in [1.29, 1.82) is 0 Å². The summed E-state index contributed by atoms with van der Waals surface area (Å²) in [5.74, 6) is 1.60. The van der Waals surface area contributed by atoms with E-state index in [1.54, 1.807) is 7.11 Å². The van der Waals surface area contributed by atoms with Crippen LogP contribution in [-0.4, -0.2) is 58.0 Å². The first-order valence-corrected chi connectivity index (χ1v) is 9.04. The van der Waals surface area contributed by atoms with Gasteiger partial charge < -0.3 is 19.5 Å². The number of nitrogens with one attached hydrogen (secondary N) is 1. The molecule has 0 bridgehead atoms. The van der Waals surface area contributed by atoms with Crippen molar-refractivity contribution >= 4 is 15.9 Å². The highest BCUT2D eigenvalue weighted by atomic mass is 79.9. The first kappa shape index (κ1) is 18.5. The molecule has 2 rings (SSSR count). The SMILES string of the molecule is CCOc1c(OC)ccc(Br)c1CNCCCN1CCOCC1. The molecule has 1 N–H and O–H groups in total. The van der Waals surface area contributed by atoms with E-state index in [1.165, 1.54) is 0 Å². The van der Waals surface area contributed by atoms with Crippen molar-refractivity contribution in [2.45, 2.75) is 19.9 Å². The van der Waals surface area contributed by atoms with E-state index in [0.717, 1.165) is 73.9 Å². The van der Waals surface area contributed by atoms with Crippen LogP contribution in [0.15, 0.2) is 16.6 Å². The lowest BCUT2D eigenvalue weighted by atomic mass is 10.1. The van der Waals surface area contributed by atoms with E-state index in [0.29, 0.717) is 6.61 Å². The van der Waals surface area contributed by atoms with Crippen molar-refractivity contribution in [2.75, 3.05) is 53.1 Å². The molecule has 1 saturated heterocycles. The molecule has 0 amide bonds. The number of nitrogens with zero attached hydrogens (tertiary/aromatic N) is 1. The molecule has 1 heterocycles. The van der Waals surface area contributed by atoms with Gasteiger partial charge in [0.2, 0.25) is 0 Å². The summed E-state index contributed by atoms with van der Waals surface area (Å²) in [6, 6.07) is 3.93. The van der Waals surface area contributed by atoms with E-state index in [1.807, 2.05) is 19.1 Å². The number of morpholine rings is 1. The molecule has 0 saturated carbocycles. The summed E-state index contributed by atoms with van der Waals surface area (Å²) < 4.78 is 17.6. The van der Waals surface area contributed by atoms with Gasteiger partial charge in [0.05, 0.1) is 26.9 Å². The molecule has 1 aromatic rings. The molecule has 130 valence electrons. The molecule has 0 spiro atoms. The van der Waals surface area contributed by atoms with Crippen LogP contribution in [0.4, 0.5) is 0 Å². The maximum atomic E-state index is 5.77. The van der Waals surface area contributed by atoms with Gasteiger partial charge in [0.25, 0.3) is 0 Å². The van der Waals surface area contributed by atoms with Crippen LogP contribution in [0.25, 0.3) is 0 Å². The Morgan fingerprint density at radius 2 is 2.09 bits per heavy atom. The Kier molecular flexibility index (Phi) is 8.16. The normalized spacial score (nSPS) is 15.6. The first-order valence-electron chi connectivity index (χ1n) is 8.25. The molecular weight excluding hydrogens is 360 g/mol. The maximum Gasteiger partial charge on any atom is 0.166 e. The number of hydrogen-bond acceptors (Lipinski definition) is 5. The molecule has 6 heteroatoms. The average Bonchev–Trinajstić information content (AvgIpc) is 2.58. The fourth-order valence-corrected chi connectivity index (χ4v) is 3.13. The molecule has 0 aliphatic carbocycles. The van der Waals surface area contributed by atoms with Crippen LogP contribution in [0.5, 0.6) is 11.5 Å². The maximum absolute atomic E-state index is 5.77. The van der Waals surface area contributed by atoms with Crippen molar-refractivity contribution in [3.05, 3.63) is 22.2 Å². The quantitative estimate of drug-likeness (QED) is 0.660. The summed E-state index contributed by atoms with van der Waals surface area (Å²) in [6.45, 7) is 9.29. The Hall–Kier alpha value is -0.820. The Balaban J connectivity index is 1.82. The Labute approximate surface area is 147 Å². The van der Waals surface area contributed by atoms with Crippen LogP contribution >= 0.6 is 15.9 Å². The molecule has 0 unspecified atom stereocenters. The molecular formula is C17H27BrN2O3. The number of halogens is 1. The Morgan fingerprint density at radius 1 is 1.30 bits per heavy atom. The van der Waals surface area contributed by atoms with E-state index in [4.69, 9.17) is 14.2 Å². The lowest BCUT2D eigenvalue weighted by Gasteiger charge is -2.26. The van der Waals surface area contributed by atoms with Gasteiger partial charge in [-0.25, -0.2) is 0 Å². The van der Waals surface area contributed by atoms with Crippen molar-refractivity contribution < 1.29 is 14.2 Å². The van der Waals surface area contributed by atoms with E-state index < -0.39 is 0 Å². The number of rotatable bonds is 9. The van der Waals surface area contributed by atoms with Gasteiger partial charge in [0, 0.05) is 29.7 Å². The number of methoxy groups -OCH3 is 1. The van der Waals surface area contributed by atoms with Crippen molar-refractivity contribution in [3.63, 3.8) is 0 Å². The summed E-state index contributed by atoms with van der Waals surface area (Å²) in [5.41, 5.74) is 1.11. The van der Waals surface area contributed by atoms with Crippen LogP contribution in [0.3, 0.4) is 0 Å². The molecule has 1 aliphatic rings. The second kappa shape index (κ2) is 10.1. The standard InChI is InChI=1S/C17H27BrN2O3/c1-3-23-17-14(15(18)5-6-16(17)21-2)13-19-7-4-8-20-9-11-22-12-10-20/h5-6,19H,3-4,7-13H2,1-2H3. The second-order valence-electron chi connectivity index (χ2n) is 5.47. The minimum Gasteiger partial charge on any atom is -0.493 e. The zero-order chi connectivity index (χ0) is 16.5. The molecule has 23 heavy (non-hydrogen) atoms. The zero-order valence-corrected chi connectivity index (χ0v) is 15.7. The molecule has 5 nitrogen and oxygen atoms in total. The van der Waals surface area contributed by atoms with E-state index in [9.17, 15) is 0 Å². The summed E-state index contributed by atoms with van der Waals surface area (Å²) >= 11 is 3.61. The van der Waals surface area contributed by atoms with Crippen molar-refractivity contribution in [3.8, 4) is 11.5 Å². The third-order valence-corrected chi connectivity index (χ3v) is 4.65. The van der Waals surface area contributed by atoms with Crippen molar-refractivity contribution in [2.24, 2.45) is 0 Å². The van der Waals surface area contributed by atoms with Crippen molar-refractivity contribution in [1.82, 2.24) is 10.2 Å².